The van der Waals surface area contributed by atoms with Gasteiger partial charge in [-0.15, -0.1) is 0 Å². The van der Waals surface area contributed by atoms with Gasteiger partial charge in [0.25, 0.3) is 0 Å². The first kappa shape index (κ1) is 42.2. The molecule has 0 amide bonds. The molecule has 14 heteroatoms. The molecule has 2 aromatic heterocycles. The van der Waals surface area contributed by atoms with E-state index in [0.29, 0.717) is 79.3 Å². The first-order valence-corrected chi connectivity index (χ1v) is 20.3. The highest BCUT2D eigenvalue weighted by atomic mass is 32.2. The Hall–Kier alpha value is -4.41. The van der Waals surface area contributed by atoms with Crippen molar-refractivity contribution in [3.63, 3.8) is 0 Å². The Morgan fingerprint density at radius 3 is 1.39 bits per heavy atom. The van der Waals surface area contributed by atoms with Crippen LogP contribution in [0.3, 0.4) is 0 Å². The lowest BCUT2D eigenvalue weighted by atomic mass is 10.1. The molecule has 0 aliphatic carbocycles. The molecule has 57 heavy (non-hydrogen) atoms. The molecular formula is C43H53N3O10S+2. The van der Waals surface area contributed by atoms with E-state index >= 15 is 0 Å². The van der Waals surface area contributed by atoms with E-state index < -0.39 is 0 Å². The zero-order chi connectivity index (χ0) is 39.5. The van der Waals surface area contributed by atoms with E-state index in [1.165, 1.54) is 0 Å². The van der Waals surface area contributed by atoms with Crippen LogP contribution in [-0.4, -0.2) is 111 Å². The van der Waals surface area contributed by atoms with E-state index in [1.807, 2.05) is 43.4 Å². The van der Waals surface area contributed by atoms with Gasteiger partial charge in [-0.3, -0.25) is 9.59 Å². The minimum absolute atomic E-state index is 0.161. The van der Waals surface area contributed by atoms with E-state index in [9.17, 15) is 9.59 Å². The Labute approximate surface area is 338 Å². The first-order valence-electron chi connectivity index (χ1n) is 19.5. The molecule has 304 valence electrons. The number of aromatic nitrogens is 2. The fourth-order valence-corrected chi connectivity index (χ4v) is 7.38. The molecule has 13 nitrogen and oxygen atoms in total. The van der Waals surface area contributed by atoms with Crippen molar-refractivity contribution >= 4 is 35.1 Å². The topological polar surface area (TPSA) is 119 Å². The molecule has 10 bridgehead atoms. The highest BCUT2D eigenvalue weighted by Gasteiger charge is 2.22. The van der Waals surface area contributed by atoms with Crippen LogP contribution in [0.15, 0.2) is 95.2 Å². The summed E-state index contributed by atoms with van der Waals surface area (Å²) in [6.07, 6.45) is 8.56. The predicted octanol–water partition coefficient (Wildman–Crippen LogP) is 4.15. The second-order valence-electron chi connectivity index (χ2n) is 13.4. The summed E-state index contributed by atoms with van der Waals surface area (Å²) >= 11 is 1.64. The van der Waals surface area contributed by atoms with Crippen molar-refractivity contribution < 1.29 is 56.6 Å². The molecule has 4 aromatic rings. The zero-order valence-corrected chi connectivity index (χ0v) is 33.5. The van der Waals surface area contributed by atoms with Crippen LogP contribution >= 0.6 is 11.8 Å². The highest BCUT2D eigenvalue weighted by Crippen LogP contribution is 2.48. The number of rotatable bonds is 0. The number of nitrogens with zero attached hydrogens (tertiary/aromatic N) is 3. The van der Waals surface area contributed by atoms with Crippen molar-refractivity contribution in [2.24, 2.45) is 0 Å². The molecule has 0 spiro atoms. The summed E-state index contributed by atoms with van der Waals surface area (Å²) in [4.78, 5) is 29.4. The molecule has 0 atom stereocenters. The van der Waals surface area contributed by atoms with E-state index in [4.69, 9.17) is 37.9 Å². The average molecular weight is 804 g/mol. The second-order valence-corrected chi connectivity index (χ2v) is 14.5. The Bertz CT molecular complexity index is 1860. The summed E-state index contributed by atoms with van der Waals surface area (Å²) in [5.74, 6) is -0.617. The SMILES string of the molecule is CN1c2ccc3cc2Sc2ccc(cc21)CC(=O)OCCOCCOCCOCC[n+]1ccc(cc1)-c1cc[n+](cc1)CCOCCOCCOCCOC(=O)C3. The number of pyridine rings is 2. The van der Waals surface area contributed by atoms with Crippen LogP contribution in [0.4, 0.5) is 11.4 Å². The van der Waals surface area contributed by atoms with Gasteiger partial charge in [0.1, 0.15) is 26.4 Å². The maximum Gasteiger partial charge on any atom is 0.310 e. The summed E-state index contributed by atoms with van der Waals surface area (Å²) in [7, 11) is 2.00. The zero-order valence-electron chi connectivity index (χ0n) is 32.6. The maximum absolute atomic E-state index is 12.6. The normalized spacial score (nSPS) is 18.2. The van der Waals surface area contributed by atoms with Crippen LogP contribution in [0.2, 0.25) is 0 Å². The lowest BCUT2D eigenvalue weighted by Crippen LogP contribution is -2.35. The average Bonchev–Trinajstić information content (AvgIpc) is 3.22. The molecule has 0 radical (unpaired) electrons. The highest BCUT2D eigenvalue weighted by molar-refractivity contribution is 7.99. The van der Waals surface area contributed by atoms with Gasteiger partial charge >= 0.3 is 11.9 Å². The van der Waals surface area contributed by atoms with Crippen LogP contribution in [0, 0.1) is 0 Å². The Balaban J connectivity index is 0.955. The maximum atomic E-state index is 12.6. The Morgan fingerprint density at radius 2 is 0.895 bits per heavy atom. The van der Waals surface area contributed by atoms with Gasteiger partial charge in [-0.1, -0.05) is 23.9 Å². The third-order valence-corrected chi connectivity index (χ3v) is 10.4. The third-order valence-electron chi connectivity index (χ3n) is 9.26. The molecule has 0 N–H and O–H groups in total. The molecule has 11 heterocycles. The lowest BCUT2D eigenvalue weighted by Gasteiger charge is -2.30. The van der Waals surface area contributed by atoms with Gasteiger partial charge in [0.2, 0.25) is 0 Å². The predicted molar refractivity (Wildman–Crippen MR) is 212 cm³/mol. The van der Waals surface area contributed by atoms with E-state index in [2.05, 4.69) is 63.1 Å². The van der Waals surface area contributed by atoms with Crippen molar-refractivity contribution in [3.8, 4) is 11.1 Å². The van der Waals surface area contributed by atoms with Gasteiger partial charge in [-0.2, -0.15) is 0 Å². The first-order chi connectivity index (χ1) is 28.0. The fourth-order valence-electron chi connectivity index (χ4n) is 6.18. The van der Waals surface area contributed by atoms with Crippen LogP contribution in [0.1, 0.15) is 11.1 Å². The van der Waals surface area contributed by atoms with Crippen LogP contribution in [-0.2, 0) is 73.4 Å². The molecule has 0 saturated carbocycles. The number of carbonyl (C=O) groups excluding carboxylic acids is 2. The van der Waals surface area contributed by atoms with Crippen LogP contribution < -0.4 is 14.0 Å². The summed E-state index contributed by atoms with van der Waals surface area (Å²) < 4.78 is 48.9. The number of hydrogen-bond donors (Lipinski definition) is 0. The van der Waals surface area contributed by atoms with E-state index in [-0.39, 0.29) is 38.0 Å². The molecule has 2 aromatic carbocycles. The third kappa shape index (κ3) is 13.9. The standard InChI is InChI=1S/C43H53N3O10S/c1-44-38-4-2-35-31-41(38)57-40-5-3-34(30-39(40)44)32-42(47)55-28-26-53-24-22-51-20-18-49-16-14-45-10-6-36(7-11-45)37-8-12-46(13-9-37)15-17-50-19-21-52-23-25-54-27-29-56-43(48)33-35/h2-13,30-31H,14-29,32-33H2,1H3/q+2. The summed E-state index contributed by atoms with van der Waals surface area (Å²) in [6.45, 7) is 7.23. The van der Waals surface area contributed by atoms with Crippen LogP contribution in [0.25, 0.3) is 11.1 Å². The number of ether oxygens (including phenoxy) is 8. The molecule has 0 fully saturated rings. The molecular weight excluding hydrogens is 751 g/mol. The van der Waals surface area contributed by atoms with Crippen molar-refractivity contribution in [2.75, 3.05) is 104 Å². The van der Waals surface area contributed by atoms with Gasteiger partial charge in [0.15, 0.2) is 37.9 Å². The van der Waals surface area contributed by atoms with Crippen molar-refractivity contribution in [1.29, 1.82) is 0 Å². The minimum atomic E-state index is -0.310. The number of hydrogen-bond acceptors (Lipinski definition) is 12. The smallest absolute Gasteiger partial charge is 0.310 e. The molecule has 0 saturated heterocycles. The molecule has 9 aliphatic rings. The van der Waals surface area contributed by atoms with Gasteiger partial charge in [-0.25, -0.2) is 9.13 Å². The monoisotopic (exact) mass is 803 g/mol. The second kappa shape index (κ2) is 23.1. The summed E-state index contributed by atoms with van der Waals surface area (Å²) in [5, 5.41) is 0. The summed E-state index contributed by atoms with van der Waals surface area (Å²) in [6, 6.07) is 20.4. The number of esters is 2. The van der Waals surface area contributed by atoms with Crippen molar-refractivity contribution in [1.82, 2.24) is 0 Å². The Kier molecular flexibility index (Phi) is 17.1. The van der Waals surface area contributed by atoms with Crippen LogP contribution in [0.5, 0.6) is 0 Å². The summed E-state index contributed by atoms with van der Waals surface area (Å²) in [5.41, 5.74) is 6.05. The molecule has 13 rings (SSSR count). The van der Waals surface area contributed by atoms with Crippen molar-refractivity contribution in [3.05, 3.63) is 96.6 Å². The van der Waals surface area contributed by atoms with Gasteiger partial charge < -0.3 is 42.8 Å². The number of anilines is 2. The number of carbonyl (C=O) groups is 2. The van der Waals surface area contributed by atoms with Gasteiger partial charge in [-0.05, 0) is 46.5 Å². The van der Waals surface area contributed by atoms with E-state index in [0.717, 1.165) is 56.5 Å². The molecule has 0 unspecified atom stereocenters. The largest absolute Gasteiger partial charge is 0.463 e. The fraction of sp³-hybridized carbons (Fsp3) is 0.442. The number of benzene rings is 2. The van der Waals surface area contributed by atoms with E-state index in [1.54, 1.807) is 11.8 Å². The Morgan fingerprint density at radius 1 is 0.474 bits per heavy atom. The minimum Gasteiger partial charge on any atom is -0.463 e. The van der Waals surface area contributed by atoms with Gasteiger partial charge in [0, 0.05) is 41.1 Å². The molecule has 9 aliphatic heterocycles. The lowest BCUT2D eigenvalue weighted by molar-refractivity contribution is -0.698. The van der Waals surface area contributed by atoms with Crippen molar-refractivity contribution in [2.45, 2.75) is 35.7 Å². The quantitative estimate of drug-likeness (QED) is 0.188. The van der Waals surface area contributed by atoms with Gasteiger partial charge in [0.05, 0.1) is 90.3 Å².